The molecule has 5 heteroatoms. The van der Waals surface area contributed by atoms with Crippen LogP contribution in [0.15, 0.2) is 18.2 Å². The SMILES string of the molecule is Cc1ccc(F)cc1C(=O)NCC(C)CN.Cl. The molecule has 3 N–H and O–H groups in total. The summed E-state index contributed by atoms with van der Waals surface area (Å²) in [6, 6.07) is 4.18. The summed E-state index contributed by atoms with van der Waals surface area (Å²) in [5.74, 6) is -0.433. The van der Waals surface area contributed by atoms with E-state index in [1.54, 1.807) is 13.0 Å². The Bertz CT molecular complexity index is 385. The molecule has 0 spiro atoms. The molecule has 1 aromatic carbocycles. The Labute approximate surface area is 107 Å². The van der Waals surface area contributed by atoms with Gasteiger partial charge in [-0.1, -0.05) is 13.0 Å². The number of nitrogens with two attached hydrogens (primary N) is 1. The van der Waals surface area contributed by atoms with Crippen LogP contribution in [-0.4, -0.2) is 19.0 Å². The first-order valence-electron chi connectivity index (χ1n) is 5.29. The van der Waals surface area contributed by atoms with Gasteiger partial charge < -0.3 is 11.1 Å². The van der Waals surface area contributed by atoms with Gasteiger partial charge in [-0.15, -0.1) is 12.4 Å². The second kappa shape index (κ2) is 7.25. The molecule has 0 radical (unpaired) electrons. The van der Waals surface area contributed by atoms with Crippen molar-refractivity contribution < 1.29 is 9.18 Å². The van der Waals surface area contributed by atoms with Crippen molar-refractivity contribution in [2.45, 2.75) is 13.8 Å². The van der Waals surface area contributed by atoms with Crippen LogP contribution in [-0.2, 0) is 0 Å². The largest absolute Gasteiger partial charge is 0.352 e. The van der Waals surface area contributed by atoms with E-state index in [0.717, 1.165) is 5.56 Å². The Balaban J connectivity index is 0.00000256. The van der Waals surface area contributed by atoms with Gasteiger partial charge in [0.05, 0.1) is 0 Å². The number of carbonyl (C=O) groups is 1. The molecule has 0 saturated heterocycles. The van der Waals surface area contributed by atoms with Crippen LogP contribution in [0.5, 0.6) is 0 Å². The van der Waals surface area contributed by atoms with Crippen molar-refractivity contribution in [1.82, 2.24) is 5.32 Å². The van der Waals surface area contributed by atoms with E-state index in [0.29, 0.717) is 18.7 Å². The summed E-state index contributed by atoms with van der Waals surface area (Å²) in [4.78, 5) is 11.7. The summed E-state index contributed by atoms with van der Waals surface area (Å²) >= 11 is 0. The van der Waals surface area contributed by atoms with Crippen LogP contribution in [0.3, 0.4) is 0 Å². The van der Waals surface area contributed by atoms with E-state index >= 15 is 0 Å². The lowest BCUT2D eigenvalue weighted by Gasteiger charge is -2.11. The minimum absolute atomic E-state index is 0. The first-order valence-corrected chi connectivity index (χ1v) is 5.29. The van der Waals surface area contributed by atoms with E-state index in [9.17, 15) is 9.18 Å². The predicted octanol–water partition coefficient (Wildman–Crippen LogP) is 1.88. The lowest BCUT2D eigenvalue weighted by Crippen LogP contribution is -2.31. The summed E-state index contributed by atoms with van der Waals surface area (Å²) in [5.41, 5.74) is 6.58. The van der Waals surface area contributed by atoms with Gasteiger partial charge in [0, 0.05) is 12.1 Å². The molecule has 17 heavy (non-hydrogen) atoms. The number of carbonyl (C=O) groups excluding carboxylic acids is 1. The summed E-state index contributed by atoms with van der Waals surface area (Å²) in [5, 5.41) is 2.73. The van der Waals surface area contributed by atoms with Gasteiger partial charge in [-0.05, 0) is 37.1 Å². The van der Waals surface area contributed by atoms with E-state index in [2.05, 4.69) is 5.32 Å². The Hall–Kier alpha value is -1.13. The molecule has 0 fully saturated rings. The van der Waals surface area contributed by atoms with Gasteiger partial charge in [-0.25, -0.2) is 4.39 Å². The topological polar surface area (TPSA) is 55.1 Å². The van der Waals surface area contributed by atoms with Crippen molar-refractivity contribution in [2.75, 3.05) is 13.1 Å². The Kier molecular flexibility index (Phi) is 6.76. The fraction of sp³-hybridized carbons (Fsp3) is 0.417. The van der Waals surface area contributed by atoms with Crippen LogP contribution >= 0.6 is 12.4 Å². The number of hydrogen-bond donors (Lipinski definition) is 2. The highest BCUT2D eigenvalue weighted by molar-refractivity contribution is 5.95. The molecule has 1 atom stereocenters. The smallest absolute Gasteiger partial charge is 0.251 e. The van der Waals surface area contributed by atoms with Gasteiger partial charge in [-0.3, -0.25) is 4.79 Å². The van der Waals surface area contributed by atoms with Crippen LogP contribution < -0.4 is 11.1 Å². The zero-order chi connectivity index (χ0) is 12.1. The molecule has 1 unspecified atom stereocenters. The maximum Gasteiger partial charge on any atom is 0.251 e. The summed E-state index contributed by atoms with van der Waals surface area (Å²) in [6.45, 7) is 4.74. The second-order valence-corrected chi connectivity index (χ2v) is 4.01. The Morgan fingerprint density at radius 1 is 1.53 bits per heavy atom. The molecule has 0 aromatic heterocycles. The van der Waals surface area contributed by atoms with Gasteiger partial charge in [0.25, 0.3) is 5.91 Å². The third-order valence-corrected chi connectivity index (χ3v) is 2.46. The second-order valence-electron chi connectivity index (χ2n) is 4.01. The number of rotatable bonds is 4. The standard InChI is InChI=1S/C12H17FN2O.ClH/c1-8(6-14)7-15-12(16)11-5-10(13)4-3-9(11)2;/h3-5,8H,6-7,14H2,1-2H3,(H,15,16);1H. The molecule has 1 amide bonds. The van der Waals surface area contributed by atoms with Crippen molar-refractivity contribution in [2.24, 2.45) is 11.7 Å². The van der Waals surface area contributed by atoms with Crippen molar-refractivity contribution in [3.8, 4) is 0 Å². The molecule has 96 valence electrons. The monoisotopic (exact) mass is 260 g/mol. The quantitative estimate of drug-likeness (QED) is 0.869. The summed E-state index contributed by atoms with van der Waals surface area (Å²) in [6.07, 6.45) is 0. The minimum Gasteiger partial charge on any atom is -0.352 e. The highest BCUT2D eigenvalue weighted by Gasteiger charge is 2.10. The first-order chi connectivity index (χ1) is 7.54. The highest BCUT2D eigenvalue weighted by Crippen LogP contribution is 2.10. The predicted molar refractivity (Wildman–Crippen MR) is 68.9 cm³/mol. The molecule has 0 aliphatic rings. The van der Waals surface area contributed by atoms with Crippen LogP contribution in [0.2, 0.25) is 0 Å². The molecular weight excluding hydrogens is 243 g/mol. The van der Waals surface area contributed by atoms with E-state index in [1.165, 1.54) is 12.1 Å². The fourth-order valence-electron chi connectivity index (χ4n) is 1.28. The van der Waals surface area contributed by atoms with Crippen molar-refractivity contribution >= 4 is 18.3 Å². The summed E-state index contributed by atoms with van der Waals surface area (Å²) < 4.78 is 13.0. The van der Waals surface area contributed by atoms with Gasteiger partial charge in [0.15, 0.2) is 0 Å². The van der Waals surface area contributed by atoms with Crippen molar-refractivity contribution in [1.29, 1.82) is 0 Å². The molecule has 0 heterocycles. The highest BCUT2D eigenvalue weighted by atomic mass is 35.5. The molecule has 0 aliphatic carbocycles. The average molecular weight is 261 g/mol. The van der Waals surface area contributed by atoms with Crippen LogP contribution in [0.1, 0.15) is 22.8 Å². The zero-order valence-electron chi connectivity index (χ0n) is 10.00. The molecule has 0 saturated carbocycles. The minimum atomic E-state index is -0.400. The maximum atomic E-state index is 13.0. The molecule has 1 rings (SSSR count). The van der Waals surface area contributed by atoms with Crippen LogP contribution in [0, 0.1) is 18.7 Å². The third kappa shape index (κ3) is 4.71. The van der Waals surface area contributed by atoms with Crippen LogP contribution in [0.25, 0.3) is 0 Å². The molecular formula is C12H18ClFN2O. The molecule has 0 aliphatic heterocycles. The van der Waals surface area contributed by atoms with E-state index < -0.39 is 5.82 Å². The van der Waals surface area contributed by atoms with Gasteiger partial charge in [0.1, 0.15) is 5.82 Å². The van der Waals surface area contributed by atoms with Crippen molar-refractivity contribution in [3.05, 3.63) is 35.1 Å². The molecule has 0 bridgehead atoms. The van der Waals surface area contributed by atoms with Gasteiger partial charge >= 0.3 is 0 Å². The molecule has 1 aromatic rings. The van der Waals surface area contributed by atoms with Crippen LogP contribution in [0.4, 0.5) is 4.39 Å². The lowest BCUT2D eigenvalue weighted by atomic mass is 10.1. The van der Waals surface area contributed by atoms with Gasteiger partial charge in [0.2, 0.25) is 0 Å². The number of aryl methyl sites for hydroxylation is 1. The van der Waals surface area contributed by atoms with E-state index in [4.69, 9.17) is 5.73 Å². The Morgan fingerprint density at radius 3 is 2.76 bits per heavy atom. The lowest BCUT2D eigenvalue weighted by molar-refractivity contribution is 0.0947. The first kappa shape index (κ1) is 15.9. The number of benzene rings is 1. The number of halogens is 2. The molecule has 3 nitrogen and oxygen atoms in total. The maximum absolute atomic E-state index is 13.0. The number of hydrogen-bond acceptors (Lipinski definition) is 2. The average Bonchev–Trinajstić information content (AvgIpc) is 2.28. The third-order valence-electron chi connectivity index (χ3n) is 2.46. The normalized spacial score (nSPS) is 11.5. The van der Waals surface area contributed by atoms with E-state index in [1.807, 2.05) is 6.92 Å². The van der Waals surface area contributed by atoms with E-state index in [-0.39, 0.29) is 24.2 Å². The summed E-state index contributed by atoms with van der Waals surface area (Å²) in [7, 11) is 0. The number of amides is 1. The zero-order valence-corrected chi connectivity index (χ0v) is 10.8. The van der Waals surface area contributed by atoms with Crippen molar-refractivity contribution in [3.63, 3.8) is 0 Å². The fourth-order valence-corrected chi connectivity index (χ4v) is 1.28. The van der Waals surface area contributed by atoms with Gasteiger partial charge in [-0.2, -0.15) is 0 Å². The number of nitrogens with one attached hydrogen (secondary N) is 1. The Morgan fingerprint density at radius 2 is 2.18 bits per heavy atom.